The molecule has 194 valence electrons. The molecule has 0 radical (unpaired) electrons. The van der Waals surface area contributed by atoms with E-state index < -0.39 is 29.3 Å². The Balaban J connectivity index is 2.53. The maximum absolute atomic E-state index is 14.1. The maximum atomic E-state index is 14.1. The Morgan fingerprint density at radius 3 is 2.20 bits per heavy atom. The van der Waals surface area contributed by atoms with Crippen molar-refractivity contribution in [2.45, 2.75) is 98.0 Å². The summed E-state index contributed by atoms with van der Waals surface area (Å²) in [6.45, 7) is 20.7. The predicted octanol–water partition coefficient (Wildman–Crippen LogP) is 5.07. The third-order valence-electron chi connectivity index (χ3n) is 5.77. The summed E-state index contributed by atoms with van der Waals surface area (Å²) in [7, 11) is 0. The zero-order chi connectivity index (χ0) is 26.7. The van der Waals surface area contributed by atoms with E-state index in [-0.39, 0.29) is 29.7 Å². The molecule has 0 heterocycles. The van der Waals surface area contributed by atoms with Crippen molar-refractivity contribution in [3.8, 4) is 0 Å². The number of hydrogen-bond acceptors (Lipinski definition) is 4. The normalized spacial score (nSPS) is 19.4. The molecule has 0 saturated heterocycles. The van der Waals surface area contributed by atoms with E-state index in [2.05, 4.69) is 24.1 Å². The van der Waals surface area contributed by atoms with Crippen LogP contribution in [0.1, 0.15) is 85.9 Å². The van der Waals surface area contributed by atoms with Gasteiger partial charge in [0.1, 0.15) is 17.7 Å². The molecule has 2 N–H and O–H groups in total. The fourth-order valence-corrected chi connectivity index (χ4v) is 4.01. The highest BCUT2D eigenvalue weighted by atomic mass is 16.6. The molecule has 4 unspecified atom stereocenters. The van der Waals surface area contributed by atoms with Crippen LogP contribution in [0.15, 0.2) is 30.8 Å². The van der Waals surface area contributed by atoms with Gasteiger partial charge in [-0.15, -0.1) is 0 Å². The van der Waals surface area contributed by atoms with Gasteiger partial charge in [-0.05, 0) is 77.0 Å². The molecule has 2 rings (SSSR count). The third kappa shape index (κ3) is 8.11. The van der Waals surface area contributed by atoms with E-state index in [9.17, 15) is 14.4 Å². The highest BCUT2D eigenvalue weighted by molar-refractivity contribution is 5.93. The first-order chi connectivity index (χ1) is 16.0. The van der Waals surface area contributed by atoms with E-state index in [4.69, 9.17) is 4.74 Å². The molecule has 0 aliphatic heterocycles. The van der Waals surface area contributed by atoms with E-state index >= 15 is 0 Å². The molecule has 0 bridgehead atoms. The first kappa shape index (κ1) is 28.4. The highest BCUT2D eigenvalue weighted by Gasteiger charge is 2.49. The van der Waals surface area contributed by atoms with E-state index in [0.29, 0.717) is 5.56 Å². The Bertz CT molecular complexity index is 942. The second-order valence-corrected chi connectivity index (χ2v) is 11.9. The predicted molar refractivity (Wildman–Crippen MR) is 140 cm³/mol. The van der Waals surface area contributed by atoms with Gasteiger partial charge in [-0.3, -0.25) is 9.59 Å². The lowest BCUT2D eigenvalue weighted by atomic mass is 9.96. The van der Waals surface area contributed by atoms with Crippen LogP contribution >= 0.6 is 0 Å². The molecular formula is C28H43N3O4. The van der Waals surface area contributed by atoms with Crippen LogP contribution in [0.4, 0.5) is 4.79 Å². The largest absolute Gasteiger partial charge is 0.444 e. The summed E-state index contributed by atoms with van der Waals surface area (Å²) in [5, 5.41) is 5.82. The van der Waals surface area contributed by atoms with Crippen LogP contribution in [-0.2, 0) is 14.3 Å². The van der Waals surface area contributed by atoms with Crippen molar-refractivity contribution in [2.75, 3.05) is 0 Å². The SMILES string of the molecule is C=Cc1cccc(C(C(=O)NC(C)(C)C)N(C(=O)C(NC(=O)OC(C)(C)C)C(C)C)C2CC2C)c1. The number of nitrogens with zero attached hydrogens (tertiary/aromatic N) is 1. The summed E-state index contributed by atoms with van der Waals surface area (Å²) in [6, 6.07) is 5.72. The van der Waals surface area contributed by atoms with Crippen LogP contribution in [0, 0.1) is 11.8 Å². The first-order valence-corrected chi connectivity index (χ1v) is 12.4. The van der Waals surface area contributed by atoms with Crippen molar-refractivity contribution in [1.82, 2.24) is 15.5 Å². The van der Waals surface area contributed by atoms with Crippen molar-refractivity contribution in [3.63, 3.8) is 0 Å². The number of carbonyl (C=O) groups excluding carboxylic acids is 3. The molecule has 1 saturated carbocycles. The quantitative estimate of drug-likeness (QED) is 0.538. The Kier molecular flexibility index (Phi) is 8.79. The van der Waals surface area contributed by atoms with Crippen molar-refractivity contribution < 1.29 is 19.1 Å². The zero-order valence-corrected chi connectivity index (χ0v) is 22.8. The number of benzene rings is 1. The number of hydrogen-bond donors (Lipinski definition) is 2. The van der Waals surface area contributed by atoms with Gasteiger partial charge in [0.05, 0.1) is 0 Å². The fourth-order valence-electron chi connectivity index (χ4n) is 4.01. The lowest BCUT2D eigenvalue weighted by Gasteiger charge is -2.37. The van der Waals surface area contributed by atoms with Crippen molar-refractivity contribution >= 4 is 24.0 Å². The van der Waals surface area contributed by atoms with E-state index in [1.54, 1.807) is 31.7 Å². The van der Waals surface area contributed by atoms with E-state index in [0.717, 1.165) is 12.0 Å². The minimum absolute atomic E-state index is 0.104. The summed E-state index contributed by atoms with van der Waals surface area (Å²) < 4.78 is 5.42. The lowest BCUT2D eigenvalue weighted by molar-refractivity contribution is -0.144. The molecule has 35 heavy (non-hydrogen) atoms. The minimum Gasteiger partial charge on any atom is -0.444 e. The van der Waals surface area contributed by atoms with Gasteiger partial charge in [0, 0.05) is 11.6 Å². The summed E-state index contributed by atoms with van der Waals surface area (Å²) in [6.07, 6.45) is 1.86. The van der Waals surface area contributed by atoms with Crippen LogP contribution in [0.25, 0.3) is 6.08 Å². The fraction of sp³-hybridized carbons (Fsp3) is 0.607. The second kappa shape index (κ2) is 10.8. The molecule has 1 aliphatic carbocycles. The van der Waals surface area contributed by atoms with Crippen LogP contribution in [0.3, 0.4) is 0 Å². The number of rotatable bonds is 8. The second-order valence-electron chi connectivity index (χ2n) is 11.9. The lowest BCUT2D eigenvalue weighted by Crippen LogP contribution is -2.56. The molecule has 1 fully saturated rings. The Hall–Kier alpha value is -2.83. The average Bonchev–Trinajstić information content (AvgIpc) is 3.42. The highest BCUT2D eigenvalue weighted by Crippen LogP contribution is 2.41. The molecule has 4 atom stereocenters. The van der Waals surface area contributed by atoms with Gasteiger partial charge in [0.15, 0.2) is 0 Å². The molecule has 3 amide bonds. The van der Waals surface area contributed by atoms with Crippen LogP contribution in [-0.4, -0.2) is 46.0 Å². The average molecular weight is 486 g/mol. The number of ether oxygens (including phenoxy) is 1. The van der Waals surface area contributed by atoms with Crippen molar-refractivity contribution in [3.05, 3.63) is 42.0 Å². The zero-order valence-electron chi connectivity index (χ0n) is 22.8. The van der Waals surface area contributed by atoms with Gasteiger partial charge < -0.3 is 20.3 Å². The number of alkyl carbamates (subject to hydrolysis) is 1. The smallest absolute Gasteiger partial charge is 0.408 e. The standard InChI is InChI=1S/C28H43N3O4/c1-11-19-13-12-14-20(16-19)23(24(32)30-27(5,6)7)31(21-15-18(21)4)25(33)22(17(2)3)29-26(34)35-28(8,9)10/h11-14,16-18,21-23H,1,15H2,2-10H3,(H,29,34)(H,30,32). The summed E-state index contributed by atoms with van der Waals surface area (Å²) in [5.41, 5.74) is 0.386. The van der Waals surface area contributed by atoms with Gasteiger partial charge in [-0.25, -0.2) is 4.79 Å². The molecule has 7 nitrogen and oxygen atoms in total. The molecule has 0 aromatic heterocycles. The topological polar surface area (TPSA) is 87.7 Å². The van der Waals surface area contributed by atoms with Gasteiger partial charge in [0.2, 0.25) is 11.8 Å². The van der Waals surface area contributed by atoms with E-state index in [1.807, 2.05) is 58.9 Å². The van der Waals surface area contributed by atoms with Gasteiger partial charge >= 0.3 is 6.09 Å². The van der Waals surface area contributed by atoms with Gasteiger partial charge in [-0.2, -0.15) is 0 Å². The number of nitrogens with one attached hydrogen (secondary N) is 2. The third-order valence-corrected chi connectivity index (χ3v) is 5.77. The van der Waals surface area contributed by atoms with Crippen LogP contribution < -0.4 is 10.6 Å². The van der Waals surface area contributed by atoms with Crippen LogP contribution in [0.5, 0.6) is 0 Å². The molecule has 1 aromatic carbocycles. The Morgan fingerprint density at radius 1 is 1.14 bits per heavy atom. The summed E-state index contributed by atoms with van der Waals surface area (Å²) in [4.78, 5) is 42.1. The first-order valence-electron chi connectivity index (χ1n) is 12.4. The summed E-state index contributed by atoms with van der Waals surface area (Å²) >= 11 is 0. The molecule has 7 heteroatoms. The summed E-state index contributed by atoms with van der Waals surface area (Å²) in [5.74, 6) is -0.512. The number of carbonyl (C=O) groups is 3. The molecular weight excluding hydrogens is 442 g/mol. The van der Waals surface area contributed by atoms with Crippen molar-refractivity contribution in [1.29, 1.82) is 0 Å². The monoisotopic (exact) mass is 485 g/mol. The van der Waals surface area contributed by atoms with Gasteiger partial charge in [0.25, 0.3) is 0 Å². The Morgan fingerprint density at radius 2 is 1.74 bits per heavy atom. The number of amides is 3. The van der Waals surface area contributed by atoms with Crippen LogP contribution in [0.2, 0.25) is 0 Å². The minimum atomic E-state index is -0.849. The van der Waals surface area contributed by atoms with Crippen molar-refractivity contribution in [2.24, 2.45) is 11.8 Å². The molecule has 1 aliphatic rings. The molecule has 0 spiro atoms. The van der Waals surface area contributed by atoms with Gasteiger partial charge in [-0.1, -0.05) is 51.6 Å². The Labute approximate surface area is 210 Å². The van der Waals surface area contributed by atoms with E-state index in [1.165, 1.54) is 0 Å². The molecule has 1 aromatic rings. The maximum Gasteiger partial charge on any atom is 0.408 e.